The highest BCUT2D eigenvalue weighted by atomic mass is 19.2. The Morgan fingerprint density at radius 3 is 2.76 bits per heavy atom. The highest BCUT2D eigenvalue weighted by Gasteiger charge is 2.43. The Labute approximate surface area is 199 Å². The van der Waals surface area contributed by atoms with Gasteiger partial charge in [-0.15, -0.1) is 0 Å². The molecule has 0 amide bonds. The summed E-state index contributed by atoms with van der Waals surface area (Å²) in [5, 5.41) is 30.2. The number of hydrogen-bond donors (Lipinski definition) is 3. The molecule has 0 aromatic heterocycles. The molecular weight excluding hydrogens is 446 g/mol. The molecule has 6 nitrogen and oxygen atoms in total. The van der Waals surface area contributed by atoms with E-state index in [9.17, 15) is 28.9 Å². The SMILES string of the molecule is CCCC(CC[C@@H]1CC[C@@H]2[C@@H](C=C[C@@H](O)COc3ccc(F)c(F)c3)[C@H](O)C[C@@H]2OC1)C(=O)O. The van der Waals surface area contributed by atoms with Crippen molar-refractivity contribution in [1.29, 1.82) is 0 Å². The van der Waals surface area contributed by atoms with Crippen LogP contribution in [0.4, 0.5) is 8.78 Å². The lowest BCUT2D eigenvalue weighted by Crippen LogP contribution is -2.22. The van der Waals surface area contributed by atoms with Gasteiger partial charge in [-0.1, -0.05) is 25.5 Å². The van der Waals surface area contributed by atoms with Gasteiger partial charge in [0.25, 0.3) is 0 Å². The average Bonchev–Trinajstić information content (AvgIpc) is 2.96. The summed E-state index contributed by atoms with van der Waals surface area (Å²) < 4.78 is 37.7. The topological polar surface area (TPSA) is 96.2 Å². The van der Waals surface area contributed by atoms with Gasteiger partial charge in [-0.2, -0.15) is 0 Å². The molecule has 1 heterocycles. The molecule has 0 bridgehead atoms. The normalized spacial score (nSPS) is 28.9. The minimum atomic E-state index is -1.02. The van der Waals surface area contributed by atoms with Crippen molar-refractivity contribution in [1.82, 2.24) is 0 Å². The summed E-state index contributed by atoms with van der Waals surface area (Å²) in [6.07, 6.45) is 7.11. The number of aliphatic hydroxyl groups is 2. The van der Waals surface area contributed by atoms with Crippen LogP contribution in [0, 0.1) is 35.3 Å². The smallest absolute Gasteiger partial charge is 0.306 e. The number of carbonyl (C=O) groups is 1. The molecule has 7 atom stereocenters. The van der Waals surface area contributed by atoms with Crippen LogP contribution in [0.5, 0.6) is 5.75 Å². The first-order valence-corrected chi connectivity index (χ1v) is 12.2. The Morgan fingerprint density at radius 2 is 2.06 bits per heavy atom. The number of ether oxygens (including phenoxy) is 2. The number of hydrogen-bond acceptors (Lipinski definition) is 5. The minimum Gasteiger partial charge on any atom is -0.490 e. The maximum Gasteiger partial charge on any atom is 0.306 e. The molecule has 3 rings (SSSR count). The van der Waals surface area contributed by atoms with E-state index in [0.717, 1.165) is 37.8 Å². The third-order valence-corrected chi connectivity index (χ3v) is 7.12. The van der Waals surface area contributed by atoms with Gasteiger partial charge in [-0.25, -0.2) is 8.78 Å². The highest BCUT2D eigenvalue weighted by molar-refractivity contribution is 5.69. The molecule has 2 aliphatic rings. The molecule has 34 heavy (non-hydrogen) atoms. The summed E-state index contributed by atoms with van der Waals surface area (Å²) in [6.45, 7) is 2.45. The second-order valence-electron chi connectivity index (χ2n) is 9.60. The second kappa shape index (κ2) is 12.6. The molecule has 1 aromatic carbocycles. The molecule has 0 radical (unpaired) electrons. The number of aliphatic carboxylic acids is 1. The Morgan fingerprint density at radius 1 is 1.26 bits per heavy atom. The Bertz CT molecular complexity index is 832. The zero-order valence-corrected chi connectivity index (χ0v) is 19.6. The largest absolute Gasteiger partial charge is 0.490 e. The third-order valence-electron chi connectivity index (χ3n) is 7.12. The molecule has 8 heteroatoms. The molecule has 1 aliphatic carbocycles. The lowest BCUT2D eigenvalue weighted by Gasteiger charge is -2.21. The van der Waals surface area contributed by atoms with Gasteiger partial charge in [-0.3, -0.25) is 4.79 Å². The van der Waals surface area contributed by atoms with Crippen molar-refractivity contribution < 1.29 is 38.4 Å². The molecule has 190 valence electrons. The first-order chi connectivity index (χ1) is 16.3. The van der Waals surface area contributed by atoms with Gasteiger partial charge < -0.3 is 24.8 Å². The summed E-state index contributed by atoms with van der Waals surface area (Å²) in [7, 11) is 0. The molecule has 1 saturated heterocycles. The van der Waals surface area contributed by atoms with Gasteiger partial charge >= 0.3 is 5.97 Å². The van der Waals surface area contributed by atoms with Crippen molar-refractivity contribution in [3.63, 3.8) is 0 Å². The zero-order chi connectivity index (χ0) is 24.7. The summed E-state index contributed by atoms with van der Waals surface area (Å²) >= 11 is 0. The molecule has 1 saturated carbocycles. The lowest BCUT2D eigenvalue weighted by molar-refractivity contribution is -0.142. The molecule has 1 aromatic rings. The van der Waals surface area contributed by atoms with E-state index in [1.54, 1.807) is 12.2 Å². The number of rotatable bonds is 11. The maximum atomic E-state index is 13.3. The van der Waals surface area contributed by atoms with Crippen LogP contribution in [0.15, 0.2) is 30.4 Å². The fraction of sp³-hybridized carbons (Fsp3) is 0.654. The predicted molar refractivity (Wildman–Crippen MR) is 122 cm³/mol. The molecular formula is C26H36F2O6. The summed E-state index contributed by atoms with van der Waals surface area (Å²) in [5.41, 5.74) is 0. The fourth-order valence-electron chi connectivity index (χ4n) is 5.18. The lowest BCUT2D eigenvalue weighted by atomic mass is 9.85. The van der Waals surface area contributed by atoms with Crippen LogP contribution in [-0.4, -0.2) is 52.8 Å². The van der Waals surface area contributed by atoms with Gasteiger partial charge in [0.15, 0.2) is 11.6 Å². The van der Waals surface area contributed by atoms with Gasteiger partial charge in [0.2, 0.25) is 0 Å². The van der Waals surface area contributed by atoms with E-state index in [2.05, 4.69) is 0 Å². The average molecular weight is 483 g/mol. The van der Waals surface area contributed by atoms with Gasteiger partial charge in [0.05, 0.1) is 18.1 Å². The van der Waals surface area contributed by atoms with Crippen molar-refractivity contribution in [2.24, 2.45) is 23.7 Å². The Kier molecular flexibility index (Phi) is 9.85. The molecule has 0 spiro atoms. The van der Waals surface area contributed by atoms with Crippen LogP contribution in [0.1, 0.15) is 51.9 Å². The van der Waals surface area contributed by atoms with Crippen molar-refractivity contribution in [2.75, 3.05) is 13.2 Å². The van der Waals surface area contributed by atoms with Crippen LogP contribution < -0.4 is 4.74 Å². The first-order valence-electron chi connectivity index (χ1n) is 12.2. The number of carboxylic acids is 1. The van der Waals surface area contributed by atoms with Crippen molar-refractivity contribution in [3.8, 4) is 5.75 Å². The number of carboxylic acid groups (broad SMARTS) is 1. The Hall–Kier alpha value is -2.03. The van der Waals surface area contributed by atoms with E-state index >= 15 is 0 Å². The van der Waals surface area contributed by atoms with E-state index in [4.69, 9.17) is 9.47 Å². The number of fused-ring (bicyclic) bond motifs is 1. The summed E-state index contributed by atoms with van der Waals surface area (Å²) in [4.78, 5) is 11.4. The summed E-state index contributed by atoms with van der Waals surface area (Å²) in [5.74, 6) is -2.61. The quantitative estimate of drug-likeness (QED) is 0.406. The Balaban J connectivity index is 1.50. The van der Waals surface area contributed by atoms with Gasteiger partial charge in [0, 0.05) is 25.0 Å². The predicted octanol–water partition coefficient (Wildman–Crippen LogP) is 4.33. The number of aliphatic hydroxyl groups excluding tert-OH is 2. The van der Waals surface area contributed by atoms with E-state index in [0.29, 0.717) is 31.8 Å². The van der Waals surface area contributed by atoms with Crippen molar-refractivity contribution >= 4 is 5.97 Å². The fourth-order valence-corrected chi connectivity index (χ4v) is 5.18. The van der Waals surface area contributed by atoms with Crippen molar-refractivity contribution in [2.45, 2.75) is 70.2 Å². The minimum absolute atomic E-state index is 0.0591. The van der Waals surface area contributed by atoms with Crippen molar-refractivity contribution in [3.05, 3.63) is 42.0 Å². The highest BCUT2D eigenvalue weighted by Crippen LogP contribution is 2.42. The monoisotopic (exact) mass is 482 g/mol. The van der Waals surface area contributed by atoms with Crippen LogP contribution >= 0.6 is 0 Å². The van der Waals surface area contributed by atoms with Gasteiger partial charge in [-0.05, 0) is 56.1 Å². The maximum absolute atomic E-state index is 13.3. The van der Waals surface area contributed by atoms with E-state index in [1.165, 1.54) is 6.07 Å². The van der Waals surface area contributed by atoms with Crippen LogP contribution in [0.2, 0.25) is 0 Å². The zero-order valence-electron chi connectivity index (χ0n) is 19.6. The number of benzene rings is 1. The van der Waals surface area contributed by atoms with E-state index < -0.39 is 29.8 Å². The molecule has 1 unspecified atom stereocenters. The van der Waals surface area contributed by atoms with Crippen LogP contribution in [0.25, 0.3) is 0 Å². The first kappa shape index (κ1) is 26.6. The standard InChI is InChI=1S/C26H36F2O6/c1-2-3-17(26(31)32)6-4-16-5-9-21-20(24(30)13-25(21)34-14-16)10-7-18(29)15-33-19-8-11-22(27)23(28)12-19/h7-8,10-12,16-18,20-21,24-25,29-30H,2-6,9,13-15H2,1H3,(H,31,32)/t16-,17?,18-,20-,21-,24-,25+/m1/s1. The van der Waals surface area contributed by atoms with Crippen LogP contribution in [-0.2, 0) is 9.53 Å². The van der Waals surface area contributed by atoms with E-state index in [-0.39, 0.29) is 36.2 Å². The third kappa shape index (κ3) is 7.23. The van der Waals surface area contributed by atoms with E-state index in [1.807, 2.05) is 6.92 Å². The molecule has 3 N–H and O–H groups in total. The molecule has 1 aliphatic heterocycles. The van der Waals surface area contributed by atoms with Crippen LogP contribution in [0.3, 0.4) is 0 Å². The van der Waals surface area contributed by atoms with Gasteiger partial charge in [0.1, 0.15) is 18.5 Å². The molecule has 2 fully saturated rings. The summed E-state index contributed by atoms with van der Waals surface area (Å²) in [6, 6.07) is 3.19. The second-order valence-corrected chi connectivity index (χ2v) is 9.60. The number of halogens is 2.